The fourth-order valence-corrected chi connectivity index (χ4v) is 2.01. The van der Waals surface area contributed by atoms with Gasteiger partial charge in [-0.1, -0.05) is 31.2 Å². The number of carbonyl (C=O) groups excluding carboxylic acids is 1. The van der Waals surface area contributed by atoms with E-state index < -0.39 is 0 Å². The van der Waals surface area contributed by atoms with Crippen molar-refractivity contribution in [1.29, 1.82) is 0 Å². The quantitative estimate of drug-likeness (QED) is 0.820. The van der Waals surface area contributed by atoms with E-state index >= 15 is 0 Å². The van der Waals surface area contributed by atoms with Gasteiger partial charge in [0.15, 0.2) is 0 Å². The van der Waals surface area contributed by atoms with Gasteiger partial charge in [-0.2, -0.15) is 0 Å². The van der Waals surface area contributed by atoms with Crippen molar-refractivity contribution in [1.82, 2.24) is 0 Å². The second kappa shape index (κ2) is 4.38. The molecule has 1 saturated carbocycles. The number of hydrogen-bond donors (Lipinski definition) is 1. The fourth-order valence-electron chi connectivity index (χ4n) is 2.01. The highest BCUT2D eigenvalue weighted by Gasteiger charge is 2.47. The monoisotopic (exact) mass is 217 g/mol. The first-order valence-electron chi connectivity index (χ1n) is 6.01. The highest BCUT2D eigenvalue weighted by atomic mass is 16.1. The second-order valence-electron chi connectivity index (χ2n) is 4.75. The van der Waals surface area contributed by atoms with Crippen LogP contribution in [0.1, 0.15) is 30.9 Å². The van der Waals surface area contributed by atoms with Crippen LogP contribution in [0.25, 0.3) is 0 Å². The number of Topliss-reactive ketones (excluding diaryl/α,β-unsaturated/α-hetero) is 1. The van der Waals surface area contributed by atoms with Gasteiger partial charge < -0.3 is 5.73 Å². The maximum Gasteiger partial charge on any atom is 0.144 e. The van der Waals surface area contributed by atoms with E-state index in [2.05, 4.69) is 31.2 Å². The lowest BCUT2D eigenvalue weighted by Crippen LogP contribution is -2.26. The van der Waals surface area contributed by atoms with Gasteiger partial charge in [-0.15, -0.1) is 0 Å². The Morgan fingerprint density at radius 3 is 2.25 bits per heavy atom. The molecule has 0 heterocycles. The summed E-state index contributed by atoms with van der Waals surface area (Å²) in [6.45, 7) is 2.65. The Balaban J connectivity index is 2.01. The Hall–Kier alpha value is -1.15. The minimum absolute atomic E-state index is 0.163. The molecule has 0 aromatic heterocycles. The summed E-state index contributed by atoms with van der Waals surface area (Å²) in [7, 11) is 0. The molecule has 0 atom stereocenters. The molecule has 2 nitrogen and oxygen atoms in total. The van der Waals surface area contributed by atoms with Gasteiger partial charge in [-0.25, -0.2) is 0 Å². The number of aryl methyl sites for hydroxylation is 1. The van der Waals surface area contributed by atoms with Crippen LogP contribution in [0.2, 0.25) is 0 Å². The van der Waals surface area contributed by atoms with Gasteiger partial charge >= 0.3 is 0 Å². The molecule has 0 aliphatic heterocycles. The van der Waals surface area contributed by atoms with Crippen molar-refractivity contribution < 1.29 is 4.79 Å². The first kappa shape index (κ1) is 11.3. The van der Waals surface area contributed by atoms with E-state index in [-0.39, 0.29) is 5.41 Å². The maximum absolute atomic E-state index is 12.0. The predicted molar refractivity (Wildman–Crippen MR) is 65.3 cm³/mol. The summed E-state index contributed by atoms with van der Waals surface area (Å²) in [6.07, 6.45) is 3.55. The Morgan fingerprint density at radius 1 is 1.25 bits per heavy atom. The van der Waals surface area contributed by atoms with Gasteiger partial charge in [0.05, 0.1) is 0 Å². The lowest BCUT2D eigenvalue weighted by Gasteiger charge is -2.10. The molecular weight excluding hydrogens is 198 g/mol. The molecule has 2 N–H and O–H groups in total. The van der Waals surface area contributed by atoms with Crippen molar-refractivity contribution in [2.75, 3.05) is 6.54 Å². The molecule has 0 unspecified atom stereocenters. The van der Waals surface area contributed by atoms with Crippen LogP contribution in [0.4, 0.5) is 0 Å². The van der Waals surface area contributed by atoms with Gasteiger partial charge in [0.2, 0.25) is 0 Å². The largest absolute Gasteiger partial charge is 0.329 e. The number of hydrogen-bond acceptors (Lipinski definition) is 2. The van der Waals surface area contributed by atoms with Crippen molar-refractivity contribution in [2.24, 2.45) is 11.1 Å². The average Bonchev–Trinajstić information content (AvgIpc) is 3.11. The van der Waals surface area contributed by atoms with Gasteiger partial charge in [0.1, 0.15) is 5.78 Å². The topological polar surface area (TPSA) is 43.1 Å². The third kappa shape index (κ3) is 2.17. The van der Waals surface area contributed by atoms with Crippen LogP contribution in [0.15, 0.2) is 24.3 Å². The second-order valence-corrected chi connectivity index (χ2v) is 4.75. The summed E-state index contributed by atoms with van der Waals surface area (Å²) >= 11 is 0. The smallest absolute Gasteiger partial charge is 0.144 e. The molecule has 0 amide bonds. The molecule has 0 spiro atoms. The molecule has 2 heteroatoms. The highest BCUT2D eigenvalue weighted by molar-refractivity contribution is 5.89. The minimum atomic E-state index is -0.163. The minimum Gasteiger partial charge on any atom is -0.329 e. The molecule has 0 radical (unpaired) electrons. The lowest BCUT2D eigenvalue weighted by atomic mass is 9.95. The summed E-state index contributed by atoms with van der Waals surface area (Å²) in [5, 5.41) is 0. The molecule has 1 aromatic carbocycles. The predicted octanol–water partition coefficient (Wildman–Crippen LogP) is 2.10. The number of ketones is 1. The van der Waals surface area contributed by atoms with E-state index in [9.17, 15) is 4.79 Å². The molecule has 1 fully saturated rings. The molecule has 1 aromatic rings. The number of rotatable bonds is 5. The van der Waals surface area contributed by atoms with Crippen LogP contribution < -0.4 is 5.73 Å². The molecule has 1 aliphatic carbocycles. The standard InChI is InChI=1S/C14H19NO/c1-2-11-3-5-12(6-4-11)9-13(16)14(10-15)7-8-14/h3-6H,2,7-10,15H2,1H3. The lowest BCUT2D eigenvalue weighted by molar-refractivity contribution is -0.123. The Morgan fingerprint density at radius 2 is 1.81 bits per heavy atom. The SMILES string of the molecule is CCc1ccc(CC(=O)C2(CN)CC2)cc1. The summed E-state index contributed by atoms with van der Waals surface area (Å²) < 4.78 is 0. The first-order valence-corrected chi connectivity index (χ1v) is 6.01. The van der Waals surface area contributed by atoms with Gasteiger partial charge in [0.25, 0.3) is 0 Å². The van der Waals surface area contributed by atoms with Crippen LogP contribution in [0.5, 0.6) is 0 Å². The number of benzene rings is 1. The Kier molecular flexibility index (Phi) is 3.10. The van der Waals surface area contributed by atoms with E-state index in [1.54, 1.807) is 0 Å². The van der Waals surface area contributed by atoms with Crippen molar-refractivity contribution >= 4 is 5.78 Å². The zero-order valence-corrected chi connectivity index (χ0v) is 9.83. The van der Waals surface area contributed by atoms with Crippen LogP contribution in [0, 0.1) is 5.41 Å². The van der Waals surface area contributed by atoms with Crippen LogP contribution in [0.3, 0.4) is 0 Å². The van der Waals surface area contributed by atoms with Crippen LogP contribution in [-0.2, 0) is 17.6 Å². The van der Waals surface area contributed by atoms with E-state index in [1.807, 2.05) is 0 Å². The summed E-state index contributed by atoms with van der Waals surface area (Å²) in [6, 6.07) is 8.32. The van der Waals surface area contributed by atoms with Gasteiger partial charge in [-0.3, -0.25) is 4.79 Å². The third-order valence-electron chi connectivity index (χ3n) is 3.63. The van der Waals surface area contributed by atoms with Crippen molar-refractivity contribution in [2.45, 2.75) is 32.6 Å². The fraction of sp³-hybridized carbons (Fsp3) is 0.500. The maximum atomic E-state index is 12.0. The first-order chi connectivity index (χ1) is 7.70. The summed E-state index contributed by atoms with van der Waals surface area (Å²) in [5.74, 6) is 0.319. The van der Waals surface area contributed by atoms with Crippen LogP contribution in [-0.4, -0.2) is 12.3 Å². The van der Waals surface area contributed by atoms with Gasteiger partial charge in [0, 0.05) is 18.4 Å². The number of nitrogens with two attached hydrogens (primary N) is 1. The van der Waals surface area contributed by atoms with E-state index in [1.165, 1.54) is 5.56 Å². The van der Waals surface area contributed by atoms with E-state index in [4.69, 9.17) is 5.73 Å². The molecule has 0 saturated heterocycles. The Labute approximate surface area is 96.8 Å². The van der Waals surface area contributed by atoms with Crippen molar-refractivity contribution in [3.05, 3.63) is 35.4 Å². The molecule has 86 valence electrons. The van der Waals surface area contributed by atoms with E-state index in [0.29, 0.717) is 18.7 Å². The third-order valence-corrected chi connectivity index (χ3v) is 3.63. The zero-order chi connectivity index (χ0) is 11.6. The number of carbonyl (C=O) groups is 1. The molecular formula is C14H19NO. The van der Waals surface area contributed by atoms with Crippen LogP contribution >= 0.6 is 0 Å². The molecule has 0 bridgehead atoms. The molecule has 1 aliphatic rings. The summed E-state index contributed by atoms with van der Waals surface area (Å²) in [5.41, 5.74) is 7.91. The molecule has 16 heavy (non-hydrogen) atoms. The van der Waals surface area contributed by atoms with E-state index in [0.717, 1.165) is 24.8 Å². The zero-order valence-electron chi connectivity index (χ0n) is 9.83. The molecule has 2 rings (SSSR count). The normalized spacial score (nSPS) is 17.1. The van der Waals surface area contributed by atoms with Gasteiger partial charge in [-0.05, 0) is 30.4 Å². The average molecular weight is 217 g/mol. The van der Waals surface area contributed by atoms with Crippen molar-refractivity contribution in [3.8, 4) is 0 Å². The Bertz CT molecular complexity index is 376. The summed E-state index contributed by atoms with van der Waals surface area (Å²) in [4.78, 5) is 12.0. The van der Waals surface area contributed by atoms with Crippen molar-refractivity contribution in [3.63, 3.8) is 0 Å². The highest BCUT2D eigenvalue weighted by Crippen LogP contribution is 2.46.